The number of carbonyl (C=O) groups is 1. The van der Waals surface area contributed by atoms with E-state index >= 15 is 0 Å². The van der Waals surface area contributed by atoms with Crippen LogP contribution in [0.1, 0.15) is 5.56 Å². The molecule has 0 amide bonds. The molecule has 0 atom stereocenters. The molecule has 2 rings (SSSR count). The molecular formula is C15H11Cl2NO5. The average molecular weight is 356 g/mol. The highest BCUT2D eigenvalue weighted by Gasteiger charge is 2.13. The molecule has 0 aliphatic carbocycles. The maximum atomic E-state index is 11.7. The van der Waals surface area contributed by atoms with Crippen LogP contribution in [0.15, 0.2) is 36.4 Å². The lowest BCUT2D eigenvalue weighted by Gasteiger charge is -2.08. The first-order chi connectivity index (χ1) is 10.9. The molecule has 2 aromatic carbocycles. The Morgan fingerprint density at radius 3 is 2.57 bits per heavy atom. The van der Waals surface area contributed by atoms with Gasteiger partial charge in [0, 0.05) is 16.7 Å². The Hall–Kier alpha value is -2.31. The minimum Gasteiger partial charge on any atom is -0.480 e. The lowest BCUT2D eigenvalue weighted by molar-refractivity contribution is -0.385. The number of ether oxygens (including phenoxy) is 2. The van der Waals surface area contributed by atoms with Crippen molar-refractivity contribution in [1.29, 1.82) is 0 Å². The summed E-state index contributed by atoms with van der Waals surface area (Å²) < 4.78 is 10.3. The van der Waals surface area contributed by atoms with E-state index in [1.165, 1.54) is 30.3 Å². The summed E-state index contributed by atoms with van der Waals surface area (Å²) >= 11 is 11.7. The van der Waals surface area contributed by atoms with Gasteiger partial charge in [0.2, 0.25) is 0 Å². The molecular weight excluding hydrogens is 345 g/mol. The Morgan fingerprint density at radius 2 is 1.96 bits per heavy atom. The zero-order valence-electron chi connectivity index (χ0n) is 11.9. The second-order valence-corrected chi connectivity index (χ2v) is 5.39. The molecule has 0 saturated heterocycles. The van der Waals surface area contributed by atoms with Gasteiger partial charge in [-0.15, -0.1) is 0 Å². The molecule has 0 spiro atoms. The van der Waals surface area contributed by atoms with Gasteiger partial charge in [0.15, 0.2) is 6.61 Å². The molecule has 6 nitrogen and oxygen atoms in total. The standard InChI is InChI=1S/C15H11Cl2NO5/c1-9-6-11(3-4-13(9)18(20)21)23-15(19)8-22-14-5-2-10(16)7-12(14)17/h2-7H,8H2,1H3. The Balaban J connectivity index is 1.97. The van der Waals surface area contributed by atoms with Gasteiger partial charge in [-0.05, 0) is 37.3 Å². The summed E-state index contributed by atoms with van der Waals surface area (Å²) in [5.74, 6) is -0.166. The number of nitro groups is 1. The minimum absolute atomic E-state index is 0.0472. The van der Waals surface area contributed by atoms with Crippen LogP contribution in [0, 0.1) is 17.0 Å². The molecule has 0 fully saturated rings. The van der Waals surface area contributed by atoms with Crippen LogP contribution in [0.5, 0.6) is 11.5 Å². The van der Waals surface area contributed by atoms with E-state index in [9.17, 15) is 14.9 Å². The van der Waals surface area contributed by atoms with E-state index in [1.807, 2.05) is 0 Å². The quantitative estimate of drug-likeness (QED) is 0.347. The zero-order valence-corrected chi connectivity index (χ0v) is 13.4. The van der Waals surface area contributed by atoms with Crippen LogP contribution in [-0.4, -0.2) is 17.5 Å². The smallest absolute Gasteiger partial charge is 0.349 e. The lowest BCUT2D eigenvalue weighted by Crippen LogP contribution is -2.17. The van der Waals surface area contributed by atoms with E-state index in [0.29, 0.717) is 16.3 Å². The predicted octanol–water partition coefficient (Wildman–Crippen LogP) is 4.19. The van der Waals surface area contributed by atoms with E-state index in [1.54, 1.807) is 13.0 Å². The van der Waals surface area contributed by atoms with Crippen molar-refractivity contribution in [3.63, 3.8) is 0 Å². The Kier molecular flexibility index (Phi) is 5.41. The third-order valence-electron chi connectivity index (χ3n) is 2.84. The van der Waals surface area contributed by atoms with E-state index in [4.69, 9.17) is 32.7 Å². The van der Waals surface area contributed by atoms with Crippen LogP contribution in [0.2, 0.25) is 10.0 Å². The van der Waals surface area contributed by atoms with Crippen molar-refractivity contribution in [1.82, 2.24) is 0 Å². The van der Waals surface area contributed by atoms with Gasteiger partial charge in [-0.1, -0.05) is 23.2 Å². The van der Waals surface area contributed by atoms with Crippen LogP contribution in [0.3, 0.4) is 0 Å². The van der Waals surface area contributed by atoms with E-state index in [-0.39, 0.29) is 23.1 Å². The van der Waals surface area contributed by atoms with Gasteiger partial charge in [-0.25, -0.2) is 4.79 Å². The first kappa shape index (κ1) is 17.1. The second kappa shape index (κ2) is 7.30. The second-order valence-electron chi connectivity index (χ2n) is 4.54. The number of aryl methyl sites for hydroxylation is 1. The van der Waals surface area contributed by atoms with Crippen LogP contribution < -0.4 is 9.47 Å². The Bertz CT molecular complexity index is 764. The molecule has 2 aromatic rings. The van der Waals surface area contributed by atoms with Crippen molar-refractivity contribution in [3.05, 3.63) is 62.1 Å². The van der Waals surface area contributed by atoms with Crippen LogP contribution in [-0.2, 0) is 4.79 Å². The normalized spacial score (nSPS) is 10.2. The number of benzene rings is 2. The van der Waals surface area contributed by atoms with Crippen molar-refractivity contribution in [2.45, 2.75) is 6.92 Å². The summed E-state index contributed by atoms with van der Waals surface area (Å²) in [6.07, 6.45) is 0. The van der Waals surface area contributed by atoms with E-state index in [0.717, 1.165) is 0 Å². The number of esters is 1. The van der Waals surface area contributed by atoms with Gasteiger partial charge >= 0.3 is 5.97 Å². The van der Waals surface area contributed by atoms with Gasteiger partial charge in [0.05, 0.1) is 9.95 Å². The number of nitrogens with zero attached hydrogens (tertiary/aromatic N) is 1. The highest BCUT2D eigenvalue weighted by molar-refractivity contribution is 6.35. The summed E-state index contributed by atoms with van der Waals surface area (Å²) in [5.41, 5.74) is 0.343. The summed E-state index contributed by atoms with van der Waals surface area (Å²) in [7, 11) is 0. The summed E-state index contributed by atoms with van der Waals surface area (Å²) in [5, 5.41) is 11.5. The van der Waals surface area contributed by atoms with Crippen LogP contribution in [0.4, 0.5) is 5.69 Å². The molecule has 0 bridgehead atoms. The Morgan fingerprint density at radius 1 is 1.22 bits per heavy atom. The van der Waals surface area contributed by atoms with Crippen molar-refractivity contribution < 1.29 is 19.2 Å². The molecule has 0 unspecified atom stereocenters. The number of nitro benzene ring substituents is 1. The first-order valence-corrected chi connectivity index (χ1v) is 7.16. The average Bonchev–Trinajstić information content (AvgIpc) is 2.46. The Labute approximate surface area is 141 Å². The first-order valence-electron chi connectivity index (χ1n) is 6.40. The highest BCUT2D eigenvalue weighted by Crippen LogP contribution is 2.27. The number of hydrogen-bond acceptors (Lipinski definition) is 5. The summed E-state index contributed by atoms with van der Waals surface area (Å²) in [6.45, 7) is 1.19. The molecule has 23 heavy (non-hydrogen) atoms. The van der Waals surface area contributed by atoms with Crippen molar-refractivity contribution in [2.24, 2.45) is 0 Å². The molecule has 0 N–H and O–H groups in total. The molecule has 0 aliphatic rings. The SMILES string of the molecule is Cc1cc(OC(=O)COc2ccc(Cl)cc2Cl)ccc1[N+](=O)[O-]. The largest absolute Gasteiger partial charge is 0.480 e. The van der Waals surface area contributed by atoms with Gasteiger partial charge in [-0.3, -0.25) is 10.1 Å². The maximum absolute atomic E-state index is 11.7. The molecule has 8 heteroatoms. The topological polar surface area (TPSA) is 78.7 Å². The zero-order chi connectivity index (χ0) is 17.0. The molecule has 0 heterocycles. The van der Waals surface area contributed by atoms with E-state index in [2.05, 4.69) is 0 Å². The van der Waals surface area contributed by atoms with Crippen molar-refractivity contribution in [3.8, 4) is 11.5 Å². The molecule has 0 radical (unpaired) electrons. The number of carbonyl (C=O) groups excluding carboxylic acids is 1. The maximum Gasteiger partial charge on any atom is 0.349 e. The van der Waals surface area contributed by atoms with Gasteiger partial charge in [-0.2, -0.15) is 0 Å². The van der Waals surface area contributed by atoms with Crippen LogP contribution in [0.25, 0.3) is 0 Å². The van der Waals surface area contributed by atoms with Crippen molar-refractivity contribution in [2.75, 3.05) is 6.61 Å². The molecule has 120 valence electrons. The van der Waals surface area contributed by atoms with E-state index < -0.39 is 10.9 Å². The van der Waals surface area contributed by atoms with Gasteiger partial charge in [0.1, 0.15) is 11.5 Å². The van der Waals surface area contributed by atoms with Gasteiger partial charge < -0.3 is 9.47 Å². The molecule has 0 aliphatic heterocycles. The fourth-order valence-electron chi connectivity index (χ4n) is 1.79. The summed E-state index contributed by atoms with van der Waals surface area (Å²) in [4.78, 5) is 22.0. The molecule has 0 saturated carbocycles. The van der Waals surface area contributed by atoms with Crippen LogP contribution >= 0.6 is 23.2 Å². The third kappa shape index (κ3) is 4.58. The van der Waals surface area contributed by atoms with Gasteiger partial charge in [0.25, 0.3) is 5.69 Å². The fourth-order valence-corrected chi connectivity index (χ4v) is 2.25. The predicted molar refractivity (Wildman–Crippen MR) is 85.4 cm³/mol. The minimum atomic E-state index is -0.663. The van der Waals surface area contributed by atoms with Crippen molar-refractivity contribution >= 4 is 34.9 Å². The molecule has 0 aromatic heterocycles. The third-order valence-corrected chi connectivity index (χ3v) is 3.37. The lowest BCUT2D eigenvalue weighted by atomic mass is 10.2. The number of rotatable bonds is 5. The fraction of sp³-hybridized carbons (Fsp3) is 0.133. The summed E-state index contributed by atoms with van der Waals surface area (Å²) in [6, 6.07) is 8.63. The highest BCUT2D eigenvalue weighted by atomic mass is 35.5. The number of hydrogen-bond donors (Lipinski definition) is 0. The number of halogens is 2. The monoisotopic (exact) mass is 355 g/mol.